The fourth-order valence-corrected chi connectivity index (χ4v) is 2.47. The predicted octanol–water partition coefficient (Wildman–Crippen LogP) is 3.47. The van der Waals surface area contributed by atoms with E-state index in [9.17, 15) is 18.0 Å². The lowest BCUT2D eigenvalue weighted by Crippen LogP contribution is -2.20. The summed E-state index contributed by atoms with van der Waals surface area (Å²) in [6, 6.07) is 0. The third kappa shape index (κ3) is 13.2. The number of ether oxygens (including phenoxy) is 1. The number of esters is 1. The largest absolute Gasteiger partial charge is 0.468 e. The lowest BCUT2D eigenvalue weighted by molar-refractivity contribution is -0.140. The Labute approximate surface area is 120 Å². The van der Waals surface area contributed by atoms with Gasteiger partial charge in [-0.1, -0.05) is 6.42 Å². The first-order valence-electron chi connectivity index (χ1n) is 5.77. The van der Waals surface area contributed by atoms with Crippen LogP contribution in [0, 0.1) is 22.3 Å². The number of methoxy groups -OCH3 is 1. The predicted molar refractivity (Wildman–Crippen MR) is 73.0 cm³/mol. The van der Waals surface area contributed by atoms with Crippen molar-refractivity contribution in [2.75, 3.05) is 12.9 Å². The van der Waals surface area contributed by atoms with Crippen LogP contribution in [0.2, 0.25) is 0 Å². The highest BCUT2D eigenvalue weighted by atomic mass is 32.2. The Kier molecular flexibility index (Phi) is 13.5. The maximum Gasteiger partial charge on any atom is 0.389 e. The number of rotatable bonds is 8. The molecule has 0 aromatic rings. The minimum atomic E-state index is -4.18. The van der Waals surface area contributed by atoms with Gasteiger partial charge in [-0.15, -0.1) is 24.1 Å². The van der Waals surface area contributed by atoms with Gasteiger partial charge in [0.1, 0.15) is 5.25 Å². The summed E-state index contributed by atoms with van der Waals surface area (Å²) in [5.41, 5.74) is 0. The SMILES string of the molecule is C#CCCCCC(SCCC(F)(F)F)C(=O)OC.O=O. The van der Waals surface area contributed by atoms with Gasteiger partial charge in [0.2, 0.25) is 0 Å². The molecule has 0 N–H and O–H groups in total. The summed E-state index contributed by atoms with van der Waals surface area (Å²) >= 11 is 0.993. The van der Waals surface area contributed by atoms with E-state index in [4.69, 9.17) is 16.4 Å². The molecule has 0 aliphatic carbocycles. The van der Waals surface area contributed by atoms with E-state index in [1.807, 2.05) is 0 Å². The molecule has 0 aliphatic heterocycles. The van der Waals surface area contributed by atoms with E-state index in [0.717, 1.165) is 18.2 Å². The topological polar surface area (TPSA) is 60.4 Å². The summed E-state index contributed by atoms with van der Waals surface area (Å²) in [6.45, 7) is 0. The van der Waals surface area contributed by atoms with Crippen LogP contribution >= 0.6 is 11.8 Å². The number of hydrogen-bond acceptors (Lipinski definition) is 5. The molecular formula is C12H17F3O4S. The van der Waals surface area contributed by atoms with E-state index in [1.165, 1.54) is 7.11 Å². The molecule has 116 valence electrons. The maximum absolute atomic E-state index is 12.0. The van der Waals surface area contributed by atoms with E-state index in [2.05, 4.69) is 10.7 Å². The van der Waals surface area contributed by atoms with Crippen LogP contribution in [0.4, 0.5) is 13.2 Å². The standard InChI is InChI=1S/C12H17F3O2S.O2/c1-3-4-5-6-7-10(11(16)17-2)18-9-8-12(13,14)15;1-2/h1,10H,4-9H2,2H3;. The zero-order valence-electron chi connectivity index (χ0n) is 11.1. The fourth-order valence-electron chi connectivity index (χ4n) is 1.27. The van der Waals surface area contributed by atoms with Crippen LogP contribution in [-0.2, 0) is 9.53 Å². The summed E-state index contributed by atoms with van der Waals surface area (Å²) < 4.78 is 40.5. The lowest BCUT2D eigenvalue weighted by Gasteiger charge is -2.14. The molecule has 0 bridgehead atoms. The molecule has 0 rings (SSSR count). The Morgan fingerprint density at radius 1 is 1.35 bits per heavy atom. The van der Waals surface area contributed by atoms with Gasteiger partial charge in [0.25, 0.3) is 0 Å². The fraction of sp³-hybridized carbons (Fsp3) is 0.750. The number of unbranched alkanes of at least 4 members (excludes halogenated alkanes) is 2. The molecule has 0 saturated carbocycles. The van der Waals surface area contributed by atoms with Crippen molar-refractivity contribution in [2.45, 2.75) is 43.5 Å². The quantitative estimate of drug-likeness (QED) is 0.390. The van der Waals surface area contributed by atoms with Crippen LogP contribution in [0.3, 0.4) is 0 Å². The molecule has 0 radical (unpaired) electrons. The van der Waals surface area contributed by atoms with Gasteiger partial charge >= 0.3 is 12.1 Å². The van der Waals surface area contributed by atoms with Crippen molar-refractivity contribution in [3.8, 4) is 12.3 Å². The number of carbonyl (C=O) groups excluding carboxylic acids is 1. The Morgan fingerprint density at radius 2 is 1.95 bits per heavy atom. The van der Waals surface area contributed by atoms with Gasteiger partial charge in [-0.2, -0.15) is 13.2 Å². The number of halogens is 3. The third-order valence-corrected chi connectivity index (χ3v) is 3.48. The number of carbonyl (C=O) groups is 1. The monoisotopic (exact) mass is 314 g/mol. The molecule has 8 heteroatoms. The first kappa shape index (κ1) is 21.1. The van der Waals surface area contributed by atoms with Crippen LogP contribution in [-0.4, -0.2) is 30.3 Å². The molecule has 0 spiro atoms. The molecule has 20 heavy (non-hydrogen) atoms. The normalized spacial score (nSPS) is 11.8. The van der Waals surface area contributed by atoms with Crippen molar-refractivity contribution in [1.82, 2.24) is 0 Å². The average Bonchev–Trinajstić information content (AvgIpc) is 2.41. The first-order chi connectivity index (χ1) is 9.40. The Balaban J connectivity index is 0. The smallest absolute Gasteiger partial charge is 0.389 e. The molecule has 0 heterocycles. The van der Waals surface area contributed by atoms with Gasteiger partial charge in [-0.3, -0.25) is 4.79 Å². The number of alkyl halides is 3. The molecule has 0 aromatic heterocycles. The van der Waals surface area contributed by atoms with Crippen LogP contribution in [0.5, 0.6) is 0 Å². The average molecular weight is 314 g/mol. The number of hydrogen-bond donors (Lipinski definition) is 0. The van der Waals surface area contributed by atoms with Crippen molar-refractivity contribution in [1.29, 1.82) is 0 Å². The molecule has 0 saturated heterocycles. The van der Waals surface area contributed by atoms with Gasteiger partial charge in [-0.25, -0.2) is 0 Å². The third-order valence-electron chi connectivity index (χ3n) is 2.21. The highest BCUT2D eigenvalue weighted by Gasteiger charge is 2.28. The second-order valence-electron chi connectivity index (χ2n) is 3.70. The second-order valence-corrected chi connectivity index (χ2v) is 5.01. The van der Waals surface area contributed by atoms with E-state index in [0.29, 0.717) is 19.3 Å². The van der Waals surface area contributed by atoms with Crippen LogP contribution < -0.4 is 0 Å². The van der Waals surface area contributed by atoms with Crippen LogP contribution in [0.15, 0.2) is 0 Å². The second kappa shape index (κ2) is 12.8. The van der Waals surface area contributed by atoms with Crippen molar-refractivity contribution in [3.63, 3.8) is 0 Å². The molecule has 0 amide bonds. The van der Waals surface area contributed by atoms with E-state index < -0.39 is 23.8 Å². The van der Waals surface area contributed by atoms with E-state index >= 15 is 0 Å². The highest BCUT2D eigenvalue weighted by Crippen LogP contribution is 2.26. The van der Waals surface area contributed by atoms with Crippen molar-refractivity contribution in [3.05, 3.63) is 9.93 Å². The molecule has 0 aliphatic rings. The lowest BCUT2D eigenvalue weighted by atomic mass is 10.1. The molecule has 4 nitrogen and oxygen atoms in total. The molecule has 0 aromatic carbocycles. The summed E-state index contributed by atoms with van der Waals surface area (Å²) in [5.74, 6) is 1.88. The maximum atomic E-state index is 12.0. The Hall–Kier alpha value is -1.23. The Morgan fingerprint density at radius 3 is 2.40 bits per heavy atom. The van der Waals surface area contributed by atoms with Crippen molar-refractivity contribution < 1.29 is 22.7 Å². The minimum absolute atomic E-state index is 0.127. The van der Waals surface area contributed by atoms with E-state index in [-0.39, 0.29) is 5.75 Å². The molecular weight excluding hydrogens is 297 g/mol. The zero-order chi connectivity index (χ0) is 16.0. The summed E-state index contributed by atoms with van der Waals surface area (Å²) in [5, 5.41) is -0.532. The van der Waals surface area contributed by atoms with Crippen LogP contribution in [0.25, 0.3) is 0 Å². The highest BCUT2D eigenvalue weighted by molar-refractivity contribution is 8.00. The van der Waals surface area contributed by atoms with Gasteiger partial charge in [0, 0.05) is 22.1 Å². The van der Waals surface area contributed by atoms with Gasteiger partial charge in [0.05, 0.1) is 13.5 Å². The van der Waals surface area contributed by atoms with Gasteiger partial charge in [0.15, 0.2) is 0 Å². The Bertz CT molecular complexity index is 302. The summed E-state index contributed by atoms with van der Waals surface area (Å²) in [7, 11) is 1.24. The minimum Gasteiger partial charge on any atom is -0.468 e. The van der Waals surface area contributed by atoms with Crippen molar-refractivity contribution >= 4 is 17.7 Å². The van der Waals surface area contributed by atoms with Crippen molar-refractivity contribution in [2.24, 2.45) is 0 Å². The van der Waals surface area contributed by atoms with Gasteiger partial charge < -0.3 is 4.74 Å². The van der Waals surface area contributed by atoms with Gasteiger partial charge in [-0.05, 0) is 12.8 Å². The molecule has 0 fully saturated rings. The molecule has 1 atom stereocenters. The number of thioether (sulfide) groups is 1. The molecule has 1 unspecified atom stereocenters. The summed E-state index contributed by atoms with van der Waals surface area (Å²) in [6.07, 6.45) is 2.60. The summed E-state index contributed by atoms with van der Waals surface area (Å²) in [4.78, 5) is 25.4. The number of terminal acetylenes is 1. The first-order valence-corrected chi connectivity index (χ1v) is 6.82. The van der Waals surface area contributed by atoms with Crippen LogP contribution in [0.1, 0.15) is 32.1 Å². The van der Waals surface area contributed by atoms with E-state index in [1.54, 1.807) is 0 Å². The zero-order valence-corrected chi connectivity index (χ0v) is 11.9.